The Balaban J connectivity index is 1.69. The Morgan fingerprint density at radius 1 is 1.08 bits per heavy atom. The van der Waals surface area contributed by atoms with Gasteiger partial charge in [0.2, 0.25) is 0 Å². The lowest BCUT2D eigenvalue weighted by Gasteiger charge is -2.20. The lowest BCUT2D eigenvalue weighted by atomic mass is 9.85. The van der Waals surface area contributed by atoms with Crippen molar-refractivity contribution in [3.8, 4) is 0 Å². The van der Waals surface area contributed by atoms with Crippen LogP contribution in [0.15, 0.2) is 0 Å². The predicted octanol–water partition coefficient (Wildman–Crippen LogP) is 3.99. The predicted molar refractivity (Wildman–Crippen MR) is 56.6 cm³/mol. The normalized spacial score (nSPS) is 39.2. The van der Waals surface area contributed by atoms with E-state index in [1.807, 2.05) is 0 Å². The summed E-state index contributed by atoms with van der Waals surface area (Å²) in [6.07, 6.45) is 10.6. The average Bonchev–Trinajstić information content (AvgIpc) is 2.65. The van der Waals surface area contributed by atoms with Crippen LogP contribution in [0.5, 0.6) is 0 Å². The first-order chi connectivity index (χ1) is 5.90. The zero-order chi connectivity index (χ0) is 8.39. The van der Waals surface area contributed by atoms with Crippen molar-refractivity contribution in [1.82, 2.24) is 0 Å². The van der Waals surface area contributed by atoms with Gasteiger partial charge in [-0.25, -0.2) is 0 Å². The summed E-state index contributed by atoms with van der Waals surface area (Å²) in [6.45, 7) is 0. The van der Waals surface area contributed by atoms with Gasteiger partial charge in [0.1, 0.15) is 0 Å². The van der Waals surface area contributed by atoms with Crippen molar-refractivity contribution in [2.45, 2.75) is 44.9 Å². The van der Waals surface area contributed by atoms with Gasteiger partial charge in [0.05, 0.1) is 0 Å². The van der Waals surface area contributed by atoms with Crippen molar-refractivity contribution in [2.75, 3.05) is 5.33 Å². The molecule has 0 aromatic heterocycles. The number of hydrogen-bond donors (Lipinski definition) is 0. The molecule has 3 unspecified atom stereocenters. The second-order valence-corrected chi connectivity index (χ2v) is 5.41. The van der Waals surface area contributed by atoms with Gasteiger partial charge in [0.15, 0.2) is 0 Å². The van der Waals surface area contributed by atoms with E-state index in [9.17, 15) is 0 Å². The first kappa shape index (κ1) is 9.05. The monoisotopic (exact) mass is 230 g/mol. The zero-order valence-electron chi connectivity index (χ0n) is 7.77. The summed E-state index contributed by atoms with van der Waals surface area (Å²) in [7, 11) is 0. The van der Waals surface area contributed by atoms with Gasteiger partial charge in [-0.15, -0.1) is 0 Å². The number of rotatable bonds is 4. The van der Waals surface area contributed by atoms with Crippen LogP contribution in [0.2, 0.25) is 0 Å². The third kappa shape index (κ3) is 1.86. The lowest BCUT2D eigenvalue weighted by molar-refractivity contribution is 0.308. The zero-order valence-corrected chi connectivity index (χ0v) is 9.35. The molecule has 0 heterocycles. The standard InChI is InChI=1S/C11H19Br/c12-6-2-1-3-10-7-9-4-5-11(10)8-9/h9-11H,1-8H2. The van der Waals surface area contributed by atoms with Gasteiger partial charge in [-0.3, -0.25) is 0 Å². The van der Waals surface area contributed by atoms with E-state index in [-0.39, 0.29) is 0 Å². The molecule has 0 nitrogen and oxygen atoms in total. The molecule has 0 radical (unpaired) electrons. The number of unbranched alkanes of at least 4 members (excludes halogenated alkanes) is 1. The Morgan fingerprint density at radius 2 is 2.00 bits per heavy atom. The van der Waals surface area contributed by atoms with Gasteiger partial charge < -0.3 is 0 Å². The van der Waals surface area contributed by atoms with E-state index in [2.05, 4.69) is 15.9 Å². The highest BCUT2D eigenvalue weighted by Gasteiger charge is 2.38. The molecular weight excluding hydrogens is 212 g/mol. The van der Waals surface area contributed by atoms with E-state index in [4.69, 9.17) is 0 Å². The summed E-state index contributed by atoms with van der Waals surface area (Å²) < 4.78 is 0. The maximum atomic E-state index is 3.50. The molecule has 2 aliphatic rings. The number of hydrogen-bond acceptors (Lipinski definition) is 0. The highest BCUT2D eigenvalue weighted by Crippen LogP contribution is 2.49. The van der Waals surface area contributed by atoms with Crippen LogP contribution < -0.4 is 0 Å². The second kappa shape index (κ2) is 4.13. The van der Waals surface area contributed by atoms with E-state index in [0.29, 0.717) is 0 Å². The minimum absolute atomic E-state index is 1.13. The first-order valence-electron chi connectivity index (χ1n) is 5.46. The molecule has 0 spiro atoms. The summed E-state index contributed by atoms with van der Waals surface area (Å²) in [5.74, 6) is 3.41. The van der Waals surface area contributed by atoms with Gasteiger partial charge in [-0.05, 0) is 43.4 Å². The van der Waals surface area contributed by atoms with E-state index in [0.717, 1.165) is 17.8 Å². The first-order valence-corrected chi connectivity index (χ1v) is 6.58. The van der Waals surface area contributed by atoms with E-state index in [1.165, 1.54) is 24.6 Å². The molecule has 2 bridgehead atoms. The third-order valence-corrected chi connectivity index (χ3v) is 4.40. The summed E-state index contributed by atoms with van der Waals surface area (Å²) in [4.78, 5) is 0. The number of halogens is 1. The van der Waals surface area contributed by atoms with Crippen LogP contribution in [-0.2, 0) is 0 Å². The summed E-state index contributed by atoms with van der Waals surface area (Å²) >= 11 is 3.50. The average molecular weight is 231 g/mol. The van der Waals surface area contributed by atoms with Crippen molar-refractivity contribution in [3.05, 3.63) is 0 Å². The minimum atomic E-state index is 1.13. The molecule has 0 saturated heterocycles. The largest absolute Gasteiger partial charge is 0.0928 e. The molecule has 2 saturated carbocycles. The maximum absolute atomic E-state index is 3.50. The quantitative estimate of drug-likeness (QED) is 0.507. The Labute approximate surface area is 84.2 Å². The van der Waals surface area contributed by atoms with Crippen molar-refractivity contribution in [3.63, 3.8) is 0 Å². The Morgan fingerprint density at radius 3 is 2.58 bits per heavy atom. The Bertz CT molecular complexity index is 144. The smallest absolute Gasteiger partial charge is 0.00313 e. The van der Waals surface area contributed by atoms with Crippen molar-refractivity contribution >= 4 is 15.9 Å². The number of fused-ring (bicyclic) bond motifs is 2. The van der Waals surface area contributed by atoms with Gasteiger partial charge in [-0.1, -0.05) is 35.2 Å². The molecule has 12 heavy (non-hydrogen) atoms. The molecule has 0 amide bonds. The summed E-state index contributed by atoms with van der Waals surface area (Å²) in [6, 6.07) is 0. The molecule has 1 heteroatoms. The molecular formula is C11H19Br. The van der Waals surface area contributed by atoms with E-state index in [1.54, 1.807) is 25.7 Å². The lowest BCUT2D eigenvalue weighted by Crippen LogP contribution is -2.09. The third-order valence-electron chi connectivity index (χ3n) is 3.84. The van der Waals surface area contributed by atoms with Crippen LogP contribution in [0.3, 0.4) is 0 Å². The van der Waals surface area contributed by atoms with Crippen LogP contribution in [0.25, 0.3) is 0 Å². The van der Waals surface area contributed by atoms with Crippen LogP contribution in [0.4, 0.5) is 0 Å². The Hall–Kier alpha value is 0.480. The van der Waals surface area contributed by atoms with Crippen molar-refractivity contribution in [1.29, 1.82) is 0 Å². The van der Waals surface area contributed by atoms with Crippen LogP contribution >= 0.6 is 15.9 Å². The van der Waals surface area contributed by atoms with Crippen LogP contribution in [-0.4, -0.2) is 5.33 Å². The molecule has 2 rings (SSSR count). The molecule has 0 aliphatic heterocycles. The molecule has 2 fully saturated rings. The molecule has 3 atom stereocenters. The SMILES string of the molecule is BrCCCCC1CC2CCC1C2. The van der Waals surface area contributed by atoms with Gasteiger partial charge in [-0.2, -0.15) is 0 Å². The van der Waals surface area contributed by atoms with Crippen molar-refractivity contribution < 1.29 is 0 Å². The second-order valence-electron chi connectivity index (χ2n) is 4.62. The fourth-order valence-corrected chi connectivity index (χ4v) is 3.63. The molecule has 2 aliphatic carbocycles. The maximum Gasteiger partial charge on any atom is 0.00313 e. The topological polar surface area (TPSA) is 0 Å². The van der Waals surface area contributed by atoms with Crippen molar-refractivity contribution in [2.24, 2.45) is 17.8 Å². The van der Waals surface area contributed by atoms with E-state index < -0.39 is 0 Å². The van der Waals surface area contributed by atoms with E-state index >= 15 is 0 Å². The van der Waals surface area contributed by atoms with Crippen LogP contribution in [0.1, 0.15) is 44.9 Å². The molecule has 0 aromatic carbocycles. The highest BCUT2D eigenvalue weighted by molar-refractivity contribution is 9.09. The summed E-state index contributed by atoms with van der Waals surface area (Å²) in [5, 5.41) is 1.20. The van der Waals surface area contributed by atoms with Crippen LogP contribution in [0, 0.1) is 17.8 Å². The number of alkyl halides is 1. The van der Waals surface area contributed by atoms with Gasteiger partial charge in [0, 0.05) is 5.33 Å². The Kier molecular flexibility index (Phi) is 3.11. The molecule has 0 aromatic rings. The fourth-order valence-electron chi connectivity index (χ4n) is 3.23. The van der Waals surface area contributed by atoms with Gasteiger partial charge in [0.25, 0.3) is 0 Å². The highest BCUT2D eigenvalue weighted by atomic mass is 79.9. The fraction of sp³-hybridized carbons (Fsp3) is 1.00. The van der Waals surface area contributed by atoms with Gasteiger partial charge >= 0.3 is 0 Å². The molecule has 0 N–H and O–H groups in total. The molecule has 70 valence electrons. The summed E-state index contributed by atoms with van der Waals surface area (Å²) in [5.41, 5.74) is 0. The minimum Gasteiger partial charge on any atom is -0.0928 e.